The van der Waals surface area contributed by atoms with Gasteiger partial charge < -0.3 is 88.5 Å². The van der Waals surface area contributed by atoms with Crippen molar-refractivity contribution in [2.45, 2.75) is 123 Å². The molecule has 4 rings (SSSR count). The summed E-state index contributed by atoms with van der Waals surface area (Å²) in [6.07, 6.45) is -10.5. The largest absolute Gasteiger partial charge is 0.394 e. The molecular formula is C24H49N7O10. The van der Waals surface area contributed by atoms with Crippen molar-refractivity contribution in [3.05, 3.63) is 0 Å². The zero-order valence-corrected chi connectivity index (χ0v) is 23.2. The van der Waals surface area contributed by atoms with Crippen LogP contribution in [0.15, 0.2) is 0 Å². The van der Waals surface area contributed by atoms with Crippen LogP contribution in [0, 0.1) is 0 Å². The molecule has 3 aliphatic heterocycles. The quantitative estimate of drug-likeness (QED) is 0.112. The third-order valence-electron chi connectivity index (χ3n) is 8.60. The van der Waals surface area contributed by atoms with Gasteiger partial charge in [0.05, 0.1) is 43.0 Å². The highest BCUT2D eigenvalue weighted by molar-refractivity contribution is 5.01. The maximum Gasteiger partial charge on any atom is 0.189 e. The topological polar surface area (TPSA) is 301 Å². The summed E-state index contributed by atoms with van der Waals surface area (Å²) in [6, 6.07) is -3.60. The first-order valence-electron chi connectivity index (χ1n) is 14.2. The molecule has 0 amide bonds. The summed E-state index contributed by atoms with van der Waals surface area (Å²) in [6.45, 7) is -0.142. The van der Waals surface area contributed by atoms with E-state index in [1.807, 2.05) is 0 Å². The Kier molecular flexibility index (Phi) is 11.7. The third kappa shape index (κ3) is 7.18. The van der Waals surface area contributed by atoms with E-state index in [1.54, 1.807) is 7.05 Å². The van der Waals surface area contributed by atoms with E-state index >= 15 is 0 Å². The molecule has 0 aromatic heterocycles. The molecule has 1 aliphatic carbocycles. The van der Waals surface area contributed by atoms with Crippen molar-refractivity contribution >= 4 is 0 Å². The van der Waals surface area contributed by atoms with E-state index in [-0.39, 0.29) is 32.0 Å². The van der Waals surface area contributed by atoms with Gasteiger partial charge in [-0.15, -0.1) is 0 Å². The molecule has 9 unspecified atom stereocenters. The van der Waals surface area contributed by atoms with Crippen LogP contribution in [0.25, 0.3) is 0 Å². The molecule has 3 heterocycles. The predicted molar refractivity (Wildman–Crippen MR) is 142 cm³/mol. The summed E-state index contributed by atoms with van der Waals surface area (Å²) < 4.78 is 30.0. The second-order valence-corrected chi connectivity index (χ2v) is 11.5. The number of fused-ring (bicyclic) bond motifs is 1. The van der Waals surface area contributed by atoms with Crippen molar-refractivity contribution in [1.82, 2.24) is 10.6 Å². The van der Waals surface area contributed by atoms with E-state index in [0.717, 1.165) is 0 Å². The Bertz CT molecular complexity index is 817. The van der Waals surface area contributed by atoms with Gasteiger partial charge in [-0.05, 0) is 19.9 Å². The van der Waals surface area contributed by atoms with Crippen LogP contribution in [0.5, 0.6) is 0 Å². The van der Waals surface area contributed by atoms with Crippen LogP contribution < -0.4 is 39.3 Å². The van der Waals surface area contributed by atoms with Gasteiger partial charge in [0.2, 0.25) is 0 Å². The molecule has 0 bridgehead atoms. The molecule has 4 aliphatic rings. The SMILES string of the molecule is CNC1C(O[C@H]2OC(CO)[C@@H](NC(CN)CN)[C@H](O)C2O)O[C@H]2CC(N)[C@@H](O[C@H]3CC(O)[C@H](N)CC3N)OC2C1O. The summed E-state index contributed by atoms with van der Waals surface area (Å²) in [5.74, 6) is 0. The molecule has 17 heteroatoms. The molecule has 0 aromatic carbocycles. The summed E-state index contributed by atoms with van der Waals surface area (Å²) in [5, 5.41) is 59.0. The van der Waals surface area contributed by atoms with Crippen LogP contribution in [-0.4, -0.2) is 156 Å². The molecule has 240 valence electrons. The molecule has 0 spiro atoms. The molecule has 0 aromatic rings. The van der Waals surface area contributed by atoms with Crippen LogP contribution in [0.3, 0.4) is 0 Å². The molecule has 16 atom stereocenters. The lowest BCUT2D eigenvalue weighted by Gasteiger charge is -2.51. The van der Waals surface area contributed by atoms with Gasteiger partial charge in [-0.1, -0.05) is 0 Å². The van der Waals surface area contributed by atoms with E-state index in [9.17, 15) is 25.5 Å². The predicted octanol–water partition coefficient (Wildman–Crippen LogP) is -7.00. The van der Waals surface area contributed by atoms with Crippen molar-refractivity contribution < 1.29 is 49.2 Å². The van der Waals surface area contributed by atoms with E-state index in [4.69, 9.17) is 52.4 Å². The summed E-state index contributed by atoms with van der Waals surface area (Å²) in [4.78, 5) is 0. The van der Waals surface area contributed by atoms with Crippen molar-refractivity contribution in [3.63, 3.8) is 0 Å². The Morgan fingerprint density at radius 1 is 0.780 bits per heavy atom. The summed E-state index contributed by atoms with van der Waals surface area (Å²) in [7, 11) is 1.59. The van der Waals surface area contributed by atoms with Gasteiger partial charge in [0.15, 0.2) is 18.9 Å². The first-order valence-corrected chi connectivity index (χ1v) is 14.2. The van der Waals surface area contributed by atoms with E-state index < -0.39 is 105 Å². The van der Waals surface area contributed by atoms with E-state index in [0.29, 0.717) is 6.42 Å². The van der Waals surface area contributed by atoms with Gasteiger partial charge >= 0.3 is 0 Å². The molecule has 41 heavy (non-hydrogen) atoms. The minimum atomic E-state index is -1.53. The van der Waals surface area contributed by atoms with Gasteiger partial charge in [-0.3, -0.25) is 0 Å². The Hall–Kier alpha value is -0.680. The van der Waals surface area contributed by atoms with Crippen LogP contribution in [0.1, 0.15) is 19.3 Å². The average Bonchev–Trinajstić information content (AvgIpc) is 2.94. The summed E-state index contributed by atoms with van der Waals surface area (Å²) in [5.41, 5.74) is 29.8. The van der Waals surface area contributed by atoms with Crippen LogP contribution in [0.2, 0.25) is 0 Å². The van der Waals surface area contributed by atoms with Gasteiger partial charge in [0.25, 0.3) is 0 Å². The minimum absolute atomic E-state index is 0.174. The number of rotatable bonds is 10. The first-order chi connectivity index (χ1) is 19.5. The number of likely N-dealkylation sites (N-methyl/N-ethyl adjacent to an activating group) is 1. The number of aliphatic hydroxyl groups excluding tert-OH is 5. The molecule has 4 fully saturated rings. The van der Waals surface area contributed by atoms with Gasteiger partial charge in [-0.2, -0.15) is 0 Å². The monoisotopic (exact) mass is 595 g/mol. The smallest absolute Gasteiger partial charge is 0.189 e. The van der Waals surface area contributed by atoms with E-state index in [1.165, 1.54) is 0 Å². The minimum Gasteiger partial charge on any atom is -0.394 e. The van der Waals surface area contributed by atoms with Gasteiger partial charge in [0.1, 0.15) is 30.5 Å². The zero-order valence-electron chi connectivity index (χ0n) is 23.2. The second kappa shape index (κ2) is 14.4. The van der Waals surface area contributed by atoms with Crippen molar-refractivity contribution in [1.29, 1.82) is 0 Å². The highest BCUT2D eigenvalue weighted by Crippen LogP contribution is 2.35. The summed E-state index contributed by atoms with van der Waals surface area (Å²) >= 11 is 0. The van der Waals surface area contributed by atoms with Gasteiger partial charge in [-0.25, -0.2) is 0 Å². The number of nitrogens with one attached hydrogen (secondary N) is 2. The van der Waals surface area contributed by atoms with E-state index in [2.05, 4.69) is 10.6 Å². The molecule has 17 nitrogen and oxygen atoms in total. The number of nitrogens with two attached hydrogens (primary N) is 5. The standard InChI is InChI=1S/C24H49N7O10/c1-30-17-19(35)21-14(3-11(29)22(40-21)37-13-4-12(33)9(27)2-10(13)28)38-23(17)41-24-20(36)18(34)16(15(7-32)39-24)31-8(5-25)6-26/h8-24,30-36H,2-7,25-29H2,1H3/t9-,10?,11?,12?,13+,14+,15?,16-,17?,18+,19?,20?,21?,22+,23?,24-/m1/s1. The molecule has 1 saturated carbocycles. The highest BCUT2D eigenvalue weighted by atomic mass is 16.8. The number of hydrogen-bond acceptors (Lipinski definition) is 17. The number of ether oxygens (including phenoxy) is 5. The van der Waals surface area contributed by atoms with Crippen molar-refractivity contribution in [3.8, 4) is 0 Å². The average molecular weight is 596 g/mol. The van der Waals surface area contributed by atoms with Crippen LogP contribution >= 0.6 is 0 Å². The van der Waals surface area contributed by atoms with Crippen molar-refractivity contribution in [2.24, 2.45) is 28.7 Å². The molecular weight excluding hydrogens is 546 g/mol. The fraction of sp³-hybridized carbons (Fsp3) is 1.00. The Morgan fingerprint density at radius 3 is 2.12 bits per heavy atom. The van der Waals surface area contributed by atoms with Crippen LogP contribution in [-0.2, 0) is 23.7 Å². The molecule has 17 N–H and O–H groups in total. The number of aliphatic hydroxyl groups is 5. The zero-order chi connectivity index (χ0) is 30.0. The lowest BCUT2D eigenvalue weighted by atomic mass is 9.87. The Morgan fingerprint density at radius 2 is 1.49 bits per heavy atom. The first kappa shape index (κ1) is 33.2. The Labute approximate surface area is 238 Å². The lowest BCUT2D eigenvalue weighted by molar-refractivity contribution is -0.372. The fourth-order valence-electron chi connectivity index (χ4n) is 6.05. The number of hydrogen-bond donors (Lipinski definition) is 12. The van der Waals surface area contributed by atoms with Gasteiger partial charge in [0, 0.05) is 37.6 Å². The highest BCUT2D eigenvalue weighted by Gasteiger charge is 2.54. The maximum absolute atomic E-state index is 11.3. The molecule has 0 radical (unpaired) electrons. The normalized spacial score (nSPS) is 49.2. The Balaban J connectivity index is 1.41. The molecule has 3 saturated heterocycles. The van der Waals surface area contributed by atoms with Crippen LogP contribution in [0.4, 0.5) is 0 Å². The second-order valence-electron chi connectivity index (χ2n) is 11.5. The fourth-order valence-corrected chi connectivity index (χ4v) is 6.05. The third-order valence-corrected chi connectivity index (χ3v) is 8.60. The maximum atomic E-state index is 11.3. The van der Waals surface area contributed by atoms with Crippen molar-refractivity contribution in [2.75, 3.05) is 26.7 Å². The lowest BCUT2D eigenvalue weighted by Crippen LogP contribution is -2.70.